The number of benzene rings is 2. The molecule has 0 fully saturated rings. The van der Waals surface area contributed by atoms with E-state index < -0.39 is 4.92 Å². The Labute approximate surface area is 157 Å². The van der Waals surface area contributed by atoms with E-state index in [1.165, 1.54) is 29.5 Å². The summed E-state index contributed by atoms with van der Waals surface area (Å²) in [5, 5.41) is 13.4. The van der Waals surface area contributed by atoms with E-state index in [2.05, 4.69) is 11.4 Å². The third kappa shape index (κ3) is 6.40. The smallest absolute Gasteiger partial charge is 0.269 e. The fourth-order valence-corrected chi connectivity index (χ4v) is 3.16. The number of ether oxygens (including phenoxy) is 1. The fourth-order valence-electron chi connectivity index (χ4n) is 2.34. The summed E-state index contributed by atoms with van der Waals surface area (Å²) in [4.78, 5) is 22.0. The third-order valence-corrected chi connectivity index (χ3v) is 4.67. The Bertz CT molecular complexity index is 763. The molecule has 0 aliphatic rings. The largest absolute Gasteiger partial charge is 0.491 e. The molecule has 0 radical (unpaired) electrons. The van der Waals surface area contributed by atoms with Crippen molar-refractivity contribution in [1.29, 1.82) is 0 Å². The van der Waals surface area contributed by atoms with Gasteiger partial charge in [-0.05, 0) is 31.0 Å². The van der Waals surface area contributed by atoms with Crippen LogP contribution in [-0.4, -0.2) is 29.7 Å². The molecule has 0 atom stereocenters. The highest BCUT2D eigenvalue weighted by Crippen LogP contribution is 2.18. The lowest BCUT2D eigenvalue weighted by Crippen LogP contribution is -2.29. The molecule has 2 aromatic rings. The summed E-state index contributed by atoms with van der Waals surface area (Å²) in [5.74, 6) is 1.74. The molecule has 6 nitrogen and oxygen atoms in total. The second kappa shape index (κ2) is 9.82. The van der Waals surface area contributed by atoms with E-state index in [4.69, 9.17) is 4.74 Å². The number of non-ortho nitro benzene ring substituents is 1. The first-order valence-corrected chi connectivity index (χ1v) is 9.39. The molecule has 7 heteroatoms. The van der Waals surface area contributed by atoms with Crippen molar-refractivity contribution in [2.24, 2.45) is 0 Å². The fraction of sp³-hybridized carbons (Fsp3) is 0.316. The highest BCUT2D eigenvalue weighted by Gasteiger charge is 2.06. The molecule has 1 amide bonds. The number of carbonyl (C=O) groups excluding carboxylic acids is 1. The minimum atomic E-state index is -0.426. The van der Waals surface area contributed by atoms with Crippen LogP contribution in [0.3, 0.4) is 0 Å². The van der Waals surface area contributed by atoms with Gasteiger partial charge in [-0.3, -0.25) is 14.9 Å². The summed E-state index contributed by atoms with van der Waals surface area (Å²) in [6, 6.07) is 12.4. The number of nitrogens with zero attached hydrogens (tertiary/aromatic N) is 1. The van der Waals surface area contributed by atoms with Crippen molar-refractivity contribution < 1.29 is 14.5 Å². The third-order valence-electron chi connectivity index (χ3n) is 3.66. The van der Waals surface area contributed by atoms with Gasteiger partial charge in [0.15, 0.2) is 0 Å². The molecule has 0 aromatic heterocycles. The Hall–Kier alpha value is -2.54. The zero-order valence-electron chi connectivity index (χ0n) is 14.9. The number of amides is 1. The predicted molar refractivity (Wildman–Crippen MR) is 104 cm³/mol. The number of aryl methyl sites for hydroxylation is 2. The van der Waals surface area contributed by atoms with E-state index in [0.717, 1.165) is 16.9 Å². The molecule has 1 N–H and O–H groups in total. The maximum absolute atomic E-state index is 11.8. The van der Waals surface area contributed by atoms with Gasteiger partial charge in [-0.1, -0.05) is 29.8 Å². The number of rotatable bonds is 9. The quantitative estimate of drug-likeness (QED) is 0.412. The number of carbonyl (C=O) groups is 1. The first kappa shape index (κ1) is 19.8. The van der Waals surface area contributed by atoms with E-state index >= 15 is 0 Å². The topological polar surface area (TPSA) is 81.5 Å². The van der Waals surface area contributed by atoms with Gasteiger partial charge in [0.2, 0.25) is 5.91 Å². The van der Waals surface area contributed by atoms with Gasteiger partial charge in [0.1, 0.15) is 12.4 Å². The van der Waals surface area contributed by atoms with Crippen LogP contribution in [0.5, 0.6) is 5.75 Å². The van der Waals surface area contributed by atoms with E-state index in [1.807, 2.05) is 26.0 Å². The molecule has 26 heavy (non-hydrogen) atoms. The van der Waals surface area contributed by atoms with Gasteiger partial charge in [-0.25, -0.2) is 0 Å². The molecule has 138 valence electrons. The Morgan fingerprint density at radius 3 is 2.58 bits per heavy atom. The van der Waals surface area contributed by atoms with Crippen molar-refractivity contribution in [3.63, 3.8) is 0 Å². The summed E-state index contributed by atoms with van der Waals surface area (Å²) in [6.07, 6.45) is 0. The lowest BCUT2D eigenvalue weighted by Gasteiger charge is -2.10. The average Bonchev–Trinajstić information content (AvgIpc) is 2.60. The summed E-state index contributed by atoms with van der Waals surface area (Å²) in [7, 11) is 0. The van der Waals surface area contributed by atoms with Crippen LogP contribution in [0.25, 0.3) is 0 Å². The molecule has 0 aliphatic carbocycles. The Morgan fingerprint density at radius 1 is 1.19 bits per heavy atom. The van der Waals surface area contributed by atoms with Crippen LogP contribution >= 0.6 is 11.8 Å². The molecule has 2 rings (SSSR count). The van der Waals surface area contributed by atoms with Gasteiger partial charge in [0.25, 0.3) is 5.69 Å². The molecule has 0 unspecified atom stereocenters. The van der Waals surface area contributed by atoms with Crippen molar-refractivity contribution in [3.8, 4) is 5.75 Å². The van der Waals surface area contributed by atoms with E-state index in [1.54, 1.807) is 12.1 Å². The maximum atomic E-state index is 11.8. The monoisotopic (exact) mass is 374 g/mol. The number of hydrogen-bond donors (Lipinski definition) is 1. The van der Waals surface area contributed by atoms with Crippen LogP contribution in [0, 0.1) is 24.0 Å². The van der Waals surface area contributed by atoms with Crippen LogP contribution in [-0.2, 0) is 10.5 Å². The lowest BCUT2D eigenvalue weighted by atomic mass is 10.1. The van der Waals surface area contributed by atoms with Gasteiger partial charge < -0.3 is 10.1 Å². The number of nitrogens with one attached hydrogen (secondary N) is 1. The minimum absolute atomic E-state index is 0.0545. The van der Waals surface area contributed by atoms with Gasteiger partial charge in [-0.15, -0.1) is 11.8 Å². The zero-order chi connectivity index (χ0) is 18.9. The van der Waals surface area contributed by atoms with Crippen molar-refractivity contribution in [3.05, 3.63) is 69.3 Å². The number of thioether (sulfide) groups is 1. The van der Waals surface area contributed by atoms with Crippen molar-refractivity contribution >= 4 is 23.4 Å². The summed E-state index contributed by atoms with van der Waals surface area (Å²) >= 11 is 1.46. The summed E-state index contributed by atoms with van der Waals surface area (Å²) < 4.78 is 5.67. The standard InChI is InChI=1S/C19H22N2O4S/c1-14-3-8-18(15(2)11-14)25-10-9-20-19(22)13-26-12-16-4-6-17(7-5-16)21(23)24/h3-8,11H,9-10,12-13H2,1-2H3,(H,20,22). The average molecular weight is 374 g/mol. The van der Waals surface area contributed by atoms with Gasteiger partial charge in [0.05, 0.1) is 17.2 Å². The summed E-state index contributed by atoms with van der Waals surface area (Å²) in [5.41, 5.74) is 3.29. The van der Waals surface area contributed by atoms with Gasteiger partial charge in [-0.2, -0.15) is 0 Å². The SMILES string of the molecule is Cc1ccc(OCCNC(=O)CSCc2ccc([N+](=O)[O-])cc2)c(C)c1. The van der Waals surface area contributed by atoms with Crippen LogP contribution in [0.1, 0.15) is 16.7 Å². The highest BCUT2D eigenvalue weighted by atomic mass is 32.2. The Morgan fingerprint density at radius 2 is 1.92 bits per heavy atom. The van der Waals surface area contributed by atoms with Crippen LogP contribution in [0.15, 0.2) is 42.5 Å². The first-order valence-electron chi connectivity index (χ1n) is 8.23. The molecular weight excluding hydrogens is 352 g/mol. The maximum Gasteiger partial charge on any atom is 0.269 e. The molecule has 0 spiro atoms. The molecule has 0 bridgehead atoms. The molecule has 0 saturated carbocycles. The molecule has 2 aromatic carbocycles. The van der Waals surface area contributed by atoms with Crippen LogP contribution in [0.2, 0.25) is 0 Å². The number of nitro benzene ring substituents is 1. The molecule has 0 saturated heterocycles. The second-order valence-corrected chi connectivity index (χ2v) is 6.87. The van der Waals surface area contributed by atoms with Crippen LogP contribution < -0.4 is 10.1 Å². The highest BCUT2D eigenvalue weighted by molar-refractivity contribution is 7.99. The zero-order valence-corrected chi connectivity index (χ0v) is 15.7. The second-order valence-electron chi connectivity index (χ2n) is 5.88. The molecule has 0 aliphatic heterocycles. The van der Waals surface area contributed by atoms with E-state index in [9.17, 15) is 14.9 Å². The van der Waals surface area contributed by atoms with Crippen molar-refractivity contribution in [2.45, 2.75) is 19.6 Å². The normalized spacial score (nSPS) is 10.4. The van der Waals surface area contributed by atoms with Gasteiger partial charge >= 0.3 is 0 Å². The number of hydrogen-bond acceptors (Lipinski definition) is 5. The van der Waals surface area contributed by atoms with Crippen LogP contribution in [0.4, 0.5) is 5.69 Å². The van der Waals surface area contributed by atoms with Gasteiger partial charge in [0, 0.05) is 17.9 Å². The van der Waals surface area contributed by atoms with Crippen molar-refractivity contribution in [2.75, 3.05) is 18.9 Å². The first-order chi connectivity index (χ1) is 12.5. The predicted octanol–water partition coefficient (Wildman–Crippen LogP) is 3.64. The lowest BCUT2D eigenvalue weighted by molar-refractivity contribution is -0.384. The molecular formula is C19H22N2O4S. The van der Waals surface area contributed by atoms with E-state index in [-0.39, 0.29) is 11.6 Å². The number of nitro groups is 1. The Balaban J connectivity index is 1.62. The Kier molecular flexibility index (Phi) is 7.47. The summed E-state index contributed by atoms with van der Waals surface area (Å²) in [6.45, 7) is 4.90. The van der Waals surface area contributed by atoms with E-state index in [0.29, 0.717) is 24.7 Å². The minimum Gasteiger partial charge on any atom is -0.491 e. The molecule has 0 heterocycles. The van der Waals surface area contributed by atoms with Crippen molar-refractivity contribution in [1.82, 2.24) is 5.32 Å².